The lowest BCUT2D eigenvalue weighted by Gasteiger charge is -2.21. The Morgan fingerprint density at radius 3 is 2.81 bits per heavy atom. The number of hydrogen-bond donors (Lipinski definition) is 1. The number of aromatic nitrogens is 4. The fourth-order valence-electron chi connectivity index (χ4n) is 4.21. The van der Waals surface area contributed by atoms with Gasteiger partial charge in [0.25, 0.3) is 0 Å². The summed E-state index contributed by atoms with van der Waals surface area (Å²) >= 11 is 0. The van der Waals surface area contributed by atoms with E-state index in [1.165, 1.54) is 6.07 Å². The lowest BCUT2D eigenvalue weighted by atomic mass is 9.94. The van der Waals surface area contributed by atoms with Gasteiger partial charge in [-0.3, -0.25) is 4.68 Å². The minimum atomic E-state index is -0.726. The summed E-state index contributed by atoms with van der Waals surface area (Å²) < 4.78 is 42.7. The molecule has 0 radical (unpaired) electrons. The Morgan fingerprint density at radius 2 is 2.03 bits per heavy atom. The molecule has 9 heteroatoms. The molecule has 7 nitrogen and oxygen atoms in total. The van der Waals surface area contributed by atoms with Crippen molar-refractivity contribution in [3.8, 4) is 28.1 Å². The number of ether oxygens (including phenoxy) is 1. The average molecular weight is 437 g/mol. The maximum absolute atomic E-state index is 15.2. The third-order valence-corrected chi connectivity index (χ3v) is 5.66. The Labute approximate surface area is 182 Å². The van der Waals surface area contributed by atoms with Gasteiger partial charge in [0.15, 0.2) is 11.6 Å². The highest BCUT2D eigenvalue weighted by Gasteiger charge is 2.27. The van der Waals surface area contributed by atoms with Crippen LogP contribution < -0.4 is 10.5 Å². The van der Waals surface area contributed by atoms with Crippen LogP contribution in [0, 0.1) is 11.6 Å². The molecule has 32 heavy (non-hydrogen) atoms. The van der Waals surface area contributed by atoms with Gasteiger partial charge in [-0.15, -0.1) is 0 Å². The highest BCUT2D eigenvalue weighted by Crippen LogP contribution is 2.40. The van der Waals surface area contributed by atoms with Gasteiger partial charge in [0.2, 0.25) is 0 Å². The topological polar surface area (TPSA) is 92.0 Å². The van der Waals surface area contributed by atoms with Crippen LogP contribution in [0.25, 0.3) is 22.4 Å². The van der Waals surface area contributed by atoms with E-state index in [1.807, 2.05) is 6.92 Å². The van der Waals surface area contributed by atoms with E-state index in [0.29, 0.717) is 35.6 Å². The molecule has 1 aromatic carbocycles. The molecule has 1 aliphatic rings. The summed E-state index contributed by atoms with van der Waals surface area (Å²) in [6.07, 6.45) is 3.68. The fraction of sp³-hybridized carbons (Fsp3) is 0.261. The molecule has 0 saturated heterocycles. The van der Waals surface area contributed by atoms with Crippen LogP contribution in [-0.4, -0.2) is 19.9 Å². The third kappa shape index (κ3) is 3.21. The van der Waals surface area contributed by atoms with Crippen LogP contribution in [0.15, 0.2) is 35.1 Å². The van der Waals surface area contributed by atoms with Crippen LogP contribution in [0.3, 0.4) is 0 Å². The number of anilines is 1. The fourth-order valence-corrected chi connectivity index (χ4v) is 4.21. The van der Waals surface area contributed by atoms with Crippen molar-refractivity contribution >= 4 is 5.82 Å². The smallest absolute Gasteiger partial charge is 0.166 e. The van der Waals surface area contributed by atoms with Crippen LogP contribution >= 0.6 is 0 Å². The highest BCUT2D eigenvalue weighted by molar-refractivity contribution is 5.73. The van der Waals surface area contributed by atoms with Crippen molar-refractivity contribution in [1.29, 1.82) is 0 Å². The third-order valence-electron chi connectivity index (χ3n) is 5.66. The van der Waals surface area contributed by atoms with Crippen molar-refractivity contribution in [1.82, 2.24) is 19.9 Å². The predicted octanol–water partition coefficient (Wildman–Crippen LogP) is 4.60. The number of nitrogens with zero attached hydrogens (tertiary/aromatic N) is 4. The molecule has 0 aliphatic carbocycles. The summed E-state index contributed by atoms with van der Waals surface area (Å²) in [7, 11) is 1.75. The van der Waals surface area contributed by atoms with Gasteiger partial charge >= 0.3 is 0 Å². The molecule has 4 aromatic rings. The number of fused-ring (bicyclic) bond motifs is 7. The van der Waals surface area contributed by atoms with Gasteiger partial charge in [-0.25, -0.2) is 13.8 Å². The Bertz CT molecular complexity index is 1340. The molecule has 1 atom stereocenters. The van der Waals surface area contributed by atoms with E-state index in [9.17, 15) is 4.39 Å². The maximum Gasteiger partial charge on any atom is 0.166 e. The number of aryl methyl sites for hydroxylation is 2. The second kappa shape index (κ2) is 7.44. The SMILES string of the molecule is CCc1noc2c1-c1cnc(N)c(c1)OC(C)c1cc(F)cc(F)c1-c1nn(C)cc1C2. The van der Waals surface area contributed by atoms with Crippen LogP contribution in [-0.2, 0) is 19.9 Å². The number of halogens is 2. The molecule has 3 aromatic heterocycles. The lowest BCUT2D eigenvalue weighted by Crippen LogP contribution is -2.10. The quantitative estimate of drug-likeness (QED) is 0.468. The normalized spacial score (nSPS) is 15.1. The van der Waals surface area contributed by atoms with Gasteiger partial charge in [0.05, 0.1) is 11.4 Å². The van der Waals surface area contributed by atoms with E-state index >= 15 is 4.39 Å². The van der Waals surface area contributed by atoms with Gasteiger partial charge in [0.1, 0.15) is 23.5 Å². The zero-order valence-corrected chi connectivity index (χ0v) is 17.8. The van der Waals surface area contributed by atoms with Gasteiger partial charge in [-0.2, -0.15) is 5.10 Å². The number of nitrogen functional groups attached to an aromatic ring is 1. The first-order valence-electron chi connectivity index (χ1n) is 10.3. The number of rotatable bonds is 1. The Morgan fingerprint density at radius 1 is 1.22 bits per heavy atom. The van der Waals surface area contributed by atoms with Crippen LogP contribution in [0.5, 0.6) is 5.75 Å². The van der Waals surface area contributed by atoms with Crippen molar-refractivity contribution in [2.45, 2.75) is 32.8 Å². The van der Waals surface area contributed by atoms with Crippen molar-refractivity contribution in [2.24, 2.45) is 7.05 Å². The Kier molecular flexibility index (Phi) is 4.69. The molecule has 2 bridgehead atoms. The van der Waals surface area contributed by atoms with Crippen molar-refractivity contribution in [3.63, 3.8) is 0 Å². The molecule has 0 fully saturated rings. The minimum absolute atomic E-state index is 0.172. The van der Waals surface area contributed by atoms with Crippen LogP contribution in [0.4, 0.5) is 14.6 Å². The molecular weight excluding hydrogens is 416 g/mol. The van der Waals surface area contributed by atoms with E-state index in [1.54, 1.807) is 37.1 Å². The first-order chi connectivity index (χ1) is 15.4. The summed E-state index contributed by atoms with van der Waals surface area (Å²) in [4.78, 5) is 4.28. The van der Waals surface area contributed by atoms with Crippen molar-refractivity contribution < 1.29 is 18.0 Å². The summed E-state index contributed by atoms with van der Waals surface area (Å²) in [5.74, 6) is -0.357. The molecule has 4 heterocycles. The van der Waals surface area contributed by atoms with E-state index in [4.69, 9.17) is 15.0 Å². The van der Waals surface area contributed by atoms with E-state index < -0.39 is 17.7 Å². The monoisotopic (exact) mass is 437 g/mol. The molecule has 1 aliphatic heterocycles. The summed E-state index contributed by atoms with van der Waals surface area (Å²) in [5, 5.41) is 8.72. The molecule has 0 saturated carbocycles. The maximum atomic E-state index is 15.2. The molecule has 5 rings (SSSR count). The lowest BCUT2D eigenvalue weighted by molar-refractivity contribution is 0.227. The van der Waals surface area contributed by atoms with Gasteiger partial charge < -0.3 is 15.0 Å². The number of nitrogens with two attached hydrogens (primary N) is 1. The van der Waals surface area contributed by atoms with Gasteiger partial charge in [-0.1, -0.05) is 12.1 Å². The number of hydrogen-bond acceptors (Lipinski definition) is 6. The standard InChI is InChI=1S/C23H21F2N5O2/c1-4-17-20-12-5-19(23(26)27-9-12)31-11(2)15-7-14(24)8-16(25)21(15)22-13(10-30(3)28-22)6-18(20)32-29-17/h5,7-11H,4,6H2,1-3H3,(H2,26,27). The summed E-state index contributed by atoms with van der Waals surface area (Å²) in [5.41, 5.74) is 9.98. The van der Waals surface area contributed by atoms with E-state index in [0.717, 1.165) is 28.5 Å². The number of benzene rings is 1. The molecular formula is C23H21F2N5O2. The van der Waals surface area contributed by atoms with E-state index in [-0.39, 0.29) is 11.4 Å². The molecule has 2 N–H and O–H groups in total. The van der Waals surface area contributed by atoms with Crippen molar-refractivity contribution in [2.75, 3.05) is 5.73 Å². The average Bonchev–Trinajstić information content (AvgIpc) is 3.31. The van der Waals surface area contributed by atoms with Crippen LogP contribution in [0.1, 0.15) is 42.5 Å². The highest BCUT2D eigenvalue weighted by atomic mass is 19.1. The zero-order chi connectivity index (χ0) is 22.6. The second-order valence-electron chi connectivity index (χ2n) is 7.85. The minimum Gasteiger partial charge on any atom is -0.482 e. The molecule has 0 amide bonds. The Hall–Kier alpha value is -3.75. The van der Waals surface area contributed by atoms with Gasteiger partial charge in [-0.05, 0) is 25.5 Å². The second-order valence-corrected chi connectivity index (χ2v) is 7.85. The summed E-state index contributed by atoms with van der Waals surface area (Å²) in [6.45, 7) is 3.69. The number of pyridine rings is 1. The predicted molar refractivity (Wildman–Crippen MR) is 114 cm³/mol. The van der Waals surface area contributed by atoms with Gasteiger partial charge in [0, 0.05) is 59.7 Å². The van der Waals surface area contributed by atoms with Crippen LogP contribution in [0.2, 0.25) is 0 Å². The molecule has 1 unspecified atom stereocenters. The Balaban J connectivity index is 1.84. The van der Waals surface area contributed by atoms with E-state index in [2.05, 4.69) is 15.2 Å². The van der Waals surface area contributed by atoms with Crippen molar-refractivity contribution in [3.05, 3.63) is 64.8 Å². The zero-order valence-electron chi connectivity index (χ0n) is 17.8. The molecule has 164 valence electrons. The first-order valence-corrected chi connectivity index (χ1v) is 10.3. The molecule has 0 spiro atoms. The summed E-state index contributed by atoms with van der Waals surface area (Å²) in [6, 6.07) is 3.87. The largest absolute Gasteiger partial charge is 0.482 e. The first kappa shape index (κ1) is 20.2.